The SMILES string of the molecule is Cc1ccc(C#N)c(=O)n1Cc1cc(F)ccc1F. The van der Waals surface area contributed by atoms with Crippen molar-refractivity contribution in [1.29, 1.82) is 5.26 Å². The third kappa shape index (κ3) is 2.52. The Morgan fingerprint density at radius 3 is 2.68 bits per heavy atom. The van der Waals surface area contributed by atoms with Gasteiger partial charge >= 0.3 is 0 Å². The summed E-state index contributed by atoms with van der Waals surface area (Å²) < 4.78 is 27.9. The number of pyridine rings is 1. The molecule has 0 fully saturated rings. The van der Waals surface area contributed by atoms with Crippen LogP contribution in [0, 0.1) is 29.9 Å². The lowest BCUT2D eigenvalue weighted by Gasteiger charge is -2.11. The van der Waals surface area contributed by atoms with Crippen molar-refractivity contribution in [3.05, 3.63) is 69.1 Å². The smallest absolute Gasteiger partial charge is 0.268 e. The number of halogens is 2. The fourth-order valence-electron chi connectivity index (χ4n) is 1.79. The molecule has 0 saturated carbocycles. The Bertz CT molecular complexity index is 729. The molecule has 5 heteroatoms. The number of rotatable bonds is 2. The van der Waals surface area contributed by atoms with Gasteiger partial charge in [-0.3, -0.25) is 4.79 Å². The minimum atomic E-state index is -0.588. The summed E-state index contributed by atoms with van der Waals surface area (Å²) in [5.41, 5.74) is 0.113. The molecule has 0 bridgehead atoms. The van der Waals surface area contributed by atoms with Crippen LogP contribution in [0.2, 0.25) is 0 Å². The maximum absolute atomic E-state index is 13.6. The summed E-state index contributed by atoms with van der Waals surface area (Å²) in [5, 5.41) is 8.80. The molecule has 1 heterocycles. The van der Waals surface area contributed by atoms with Gasteiger partial charge in [0.1, 0.15) is 23.3 Å². The van der Waals surface area contributed by atoms with Gasteiger partial charge in [-0.15, -0.1) is 0 Å². The van der Waals surface area contributed by atoms with Crippen LogP contribution in [0.4, 0.5) is 8.78 Å². The molecule has 1 aromatic carbocycles. The molecule has 0 amide bonds. The van der Waals surface area contributed by atoms with E-state index in [0.717, 1.165) is 18.2 Å². The molecule has 3 nitrogen and oxygen atoms in total. The van der Waals surface area contributed by atoms with E-state index < -0.39 is 17.2 Å². The van der Waals surface area contributed by atoms with Crippen LogP contribution in [0.25, 0.3) is 0 Å². The highest BCUT2D eigenvalue weighted by Gasteiger charge is 2.10. The highest BCUT2D eigenvalue weighted by molar-refractivity contribution is 5.28. The van der Waals surface area contributed by atoms with E-state index in [4.69, 9.17) is 5.26 Å². The van der Waals surface area contributed by atoms with Crippen molar-refractivity contribution >= 4 is 0 Å². The van der Waals surface area contributed by atoms with Crippen molar-refractivity contribution in [2.45, 2.75) is 13.5 Å². The van der Waals surface area contributed by atoms with Gasteiger partial charge in [0.25, 0.3) is 5.56 Å². The molecular weight excluding hydrogens is 250 g/mol. The van der Waals surface area contributed by atoms with Crippen LogP contribution in [0.5, 0.6) is 0 Å². The molecule has 2 rings (SSSR count). The first-order valence-corrected chi connectivity index (χ1v) is 5.57. The van der Waals surface area contributed by atoms with E-state index in [1.54, 1.807) is 19.1 Å². The van der Waals surface area contributed by atoms with E-state index >= 15 is 0 Å². The lowest BCUT2D eigenvalue weighted by atomic mass is 10.2. The lowest BCUT2D eigenvalue weighted by molar-refractivity contribution is 0.572. The molecule has 0 aliphatic heterocycles. The van der Waals surface area contributed by atoms with Gasteiger partial charge in [-0.2, -0.15) is 5.26 Å². The van der Waals surface area contributed by atoms with Gasteiger partial charge in [-0.1, -0.05) is 0 Å². The van der Waals surface area contributed by atoms with Crippen LogP contribution >= 0.6 is 0 Å². The lowest BCUT2D eigenvalue weighted by Crippen LogP contribution is -2.25. The fraction of sp³-hybridized carbons (Fsp3) is 0.143. The zero-order valence-electron chi connectivity index (χ0n) is 10.2. The average molecular weight is 260 g/mol. The molecule has 0 unspecified atom stereocenters. The second-order valence-electron chi connectivity index (χ2n) is 4.13. The number of hydrogen-bond acceptors (Lipinski definition) is 2. The Kier molecular flexibility index (Phi) is 3.43. The Morgan fingerprint density at radius 2 is 2.00 bits per heavy atom. The monoisotopic (exact) mass is 260 g/mol. The molecule has 2 aromatic rings. The zero-order valence-corrected chi connectivity index (χ0v) is 10.2. The normalized spacial score (nSPS) is 10.2. The van der Waals surface area contributed by atoms with Gasteiger partial charge < -0.3 is 4.57 Å². The molecule has 96 valence electrons. The van der Waals surface area contributed by atoms with E-state index in [0.29, 0.717) is 5.69 Å². The van der Waals surface area contributed by atoms with Gasteiger partial charge in [-0.05, 0) is 37.3 Å². The standard InChI is InChI=1S/C14H10F2N2O/c1-9-2-3-10(7-17)14(19)18(9)8-11-6-12(15)4-5-13(11)16/h2-6H,8H2,1H3. The van der Waals surface area contributed by atoms with Crippen molar-refractivity contribution < 1.29 is 8.78 Å². The molecule has 0 aliphatic carbocycles. The summed E-state index contributed by atoms with van der Waals surface area (Å²) in [6, 6.07) is 7.85. The van der Waals surface area contributed by atoms with Crippen LogP contribution in [0.15, 0.2) is 35.1 Å². The zero-order chi connectivity index (χ0) is 14.0. The largest absolute Gasteiger partial charge is 0.307 e. The quantitative estimate of drug-likeness (QED) is 0.832. The van der Waals surface area contributed by atoms with Crippen molar-refractivity contribution in [1.82, 2.24) is 4.57 Å². The predicted octanol–water partition coefficient (Wildman–Crippen LogP) is 2.35. The third-order valence-corrected chi connectivity index (χ3v) is 2.85. The van der Waals surface area contributed by atoms with Crippen LogP contribution < -0.4 is 5.56 Å². The molecule has 0 radical (unpaired) electrons. The second-order valence-corrected chi connectivity index (χ2v) is 4.13. The second kappa shape index (κ2) is 5.02. The number of aromatic nitrogens is 1. The van der Waals surface area contributed by atoms with Gasteiger partial charge in [0.05, 0.1) is 6.54 Å². The van der Waals surface area contributed by atoms with E-state index in [-0.39, 0.29) is 17.7 Å². The summed E-state index contributed by atoms with van der Waals surface area (Å²) >= 11 is 0. The average Bonchev–Trinajstić information content (AvgIpc) is 2.38. The molecule has 0 N–H and O–H groups in total. The summed E-state index contributed by atoms with van der Waals surface area (Å²) in [5.74, 6) is -1.16. The Hall–Kier alpha value is -2.48. The van der Waals surface area contributed by atoms with Gasteiger partial charge in [-0.25, -0.2) is 8.78 Å². The summed E-state index contributed by atoms with van der Waals surface area (Å²) in [6.45, 7) is 1.56. The number of nitrogens with zero attached hydrogens (tertiary/aromatic N) is 2. The molecule has 1 aromatic heterocycles. The number of benzene rings is 1. The Labute approximate surface area is 108 Å². The molecule has 0 aliphatic rings. The van der Waals surface area contributed by atoms with Crippen molar-refractivity contribution in [3.63, 3.8) is 0 Å². The van der Waals surface area contributed by atoms with Gasteiger partial charge in [0.2, 0.25) is 0 Å². The molecule has 0 saturated heterocycles. The van der Waals surface area contributed by atoms with Crippen LogP contribution in [0.3, 0.4) is 0 Å². The van der Waals surface area contributed by atoms with Crippen LogP contribution in [-0.2, 0) is 6.54 Å². The van der Waals surface area contributed by atoms with Gasteiger partial charge in [0.15, 0.2) is 0 Å². The molecule has 0 spiro atoms. The van der Waals surface area contributed by atoms with E-state index in [2.05, 4.69) is 0 Å². The van der Waals surface area contributed by atoms with Crippen molar-refractivity contribution in [2.75, 3.05) is 0 Å². The Morgan fingerprint density at radius 1 is 1.26 bits per heavy atom. The summed E-state index contributed by atoms with van der Waals surface area (Å²) in [6.07, 6.45) is 0. The van der Waals surface area contributed by atoms with E-state index in [1.807, 2.05) is 0 Å². The minimum Gasteiger partial charge on any atom is -0.307 e. The molecule has 0 atom stereocenters. The predicted molar refractivity (Wildman–Crippen MR) is 65.6 cm³/mol. The topological polar surface area (TPSA) is 45.8 Å². The first-order chi connectivity index (χ1) is 9.02. The molecular formula is C14H10F2N2O. The van der Waals surface area contributed by atoms with E-state index in [9.17, 15) is 13.6 Å². The first-order valence-electron chi connectivity index (χ1n) is 5.57. The van der Waals surface area contributed by atoms with Crippen molar-refractivity contribution in [2.24, 2.45) is 0 Å². The fourth-order valence-corrected chi connectivity index (χ4v) is 1.79. The minimum absolute atomic E-state index is 0.0255. The Balaban J connectivity index is 2.53. The number of nitriles is 1. The third-order valence-electron chi connectivity index (χ3n) is 2.85. The maximum atomic E-state index is 13.6. The first kappa shape index (κ1) is 13.0. The summed E-state index contributed by atoms with van der Waals surface area (Å²) in [4.78, 5) is 11.9. The maximum Gasteiger partial charge on any atom is 0.268 e. The van der Waals surface area contributed by atoms with Crippen LogP contribution in [0.1, 0.15) is 16.8 Å². The van der Waals surface area contributed by atoms with Gasteiger partial charge in [0, 0.05) is 11.3 Å². The van der Waals surface area contributed by atoms with Crippen LogP contribution in [-0.4, -0.2) is 4.57 Å². The van der Waals surface area contributed by atoms with Crippen molar-refractivity contribution in [3.8, 4) is 6.07 Å². The number of aryl methyl sites for hydroxylation is 1. The van der Waals surface area contributed by atoms with E-state index in [1.165, 1.54) is 10.6 Å². The molecule has 19 heavy (non-hydrogen) atoms. The summed E-state index contributed by atoms with van der Waals surface area (Å²) in [7, 11) is 0. The highest BCUT2D eigenvalue weighted by atomic mass is 19.1. The highest BCUT2D eigenvalue weighted by Crippen LogP contribution is 2.11. The number of hydrogen-bond donors (Lipinski definition) is 0.